The van der Waals surface area contributed by atoms with E-state index in [1.807, 2.05) is 42.5 Å². The van der Waals surface area contributed by atoms with Gasteiger partial charge in [0, 0.05) is 5.92 Å². The van der Waals surface area contributed by atoms with E-state index in [1.165, 1.54) is 6.07 Å². The Kier molecular flexibility index (Phi) is 7.67. The van der Waals surface area contributed by atoms with Gasteiger partial charge in [0.05, 0.1) is 18.2 Å². The molecular formula is C27H28FNO2. The lowest BCUT2D eigenvalue weighted by Crippen LogP contribution is -2.13. The lowest BCUT2D eigenvalue weighted by Gasteiger charge is -2.21. The standard InChI is InChI=1S/C27H28FNO2/c1-19(2)12-24(23-10-11-27(28)20(3)13-23)18-31-26-9-5-7-22(15-26)17-30-25-8-4-6-21(14-25)16-29/h4-11,13-15,19,24H,12,17-18H2,1-3H3. The van der Waals surface area contributed by atoms with Crippen LogP contribution in [0, 0.1) is 30.0 Å². The van der Waals surface area contributed by atoms with Gasteiger partial charge < -0.3 is 9.47 Å². The Balaban J connectivity index is 1.65. The molecule has 0 aliphatic carbocycles. The van der Waals surface area contributed by atoms with Gasteiger partial charge in [-0.2, -0.15) is 5.26 Å². The number of nitrogens with zero attached hydrogens (tertiary/aromatic N) is 1. The van der Waals surface area contributed by atoms with Crippen LogP contribution in [0.2, 0.25) is 0 Å². The third-order valence-corrected chi connectivity index (χ3v) is 5.13. The average molecular weight is 418 g/mol. The van der Waals surface area contributed by atoms with Crippen LogP contribution in [0.15, 0.2) is 66.7 Å². The molecule has 0 saturated carbocycles. The molecule has 4 heteroatoms. The van der Waals surface area contributed by atoms with Gasteiger partial charge in [-0.1, -0.05) is 44.2 Å². The largest absolute Gasteiger partial charge is 0.493 e. The fourth-order valence-corrected chi connectivity index (χ4v) is 3.54. The number of ether oxygens (including phenoxy) is 2. The van der Waals surface area contributed by atoms with E-state index < -0.39 is 0 Å². The summed E-state index contributed by atoms with van der Waals surface area (Å²) in [6.45, 7) is 7.07. The fourth-order valence-electron chi connectivity index (χ4n) is 3.54. The topological polar surface area (TPSA) is 42.2 Å². The van der Waals surface area contributed by atoms with Crippen LogP contribution in [0.5, 0.6) is 11.5 Å². The summed E-state index contributed by atoms with van der Waals surface area (Å²) in [4.78, 5) is 0. The van der Waals surface area contributed by atoms with Gasteiger partial charge in [-0.25, -0.2) is 4.39 Å². The van der Waals surface area contributed by atoms with Gasteiger partial charge in [0.2, 0.25) is 0 Å². The molecule has 0 spiro atoms. The second-order valence-electron chi connectivity index (χ2n) is 8.22. The Morgan fingerprint density at radius 1 is 0.935 bits per heavy atom. The van der Waals surface area contributed by atoms with Crippen molar-refractivity contribution in [3.05, 3.63) is 94.8 Å². The van der Waals surface area contributed by atoms with Gasteiger partial charge >= 0.3 is 0 Å². The number of nitriles is 1. The summed E-state index contributed by atoms with van der Waals surface area (Å²) < 4.78 is 25.6. The van der Waals surface area contributed by atoms with Crippen LogP contribution in [-0.4, -0.2) is 6.61 Å². The van der Waals surface area contributed by atoms with E-state index in [0.29, 0.717) is 36.0 Å². The predicted molar refractivity (Wildman–Crippen MR) is 121 cm³/mol. The van der Waals surface area contributed by atoms with Crippen molar-refractivity contribution in [1.82, 2.24) is 0 Å². The molecule has 3 rings (SSSR count). The van der Waals surface area contributed by atoms with E-state index in [9.17, 15) is 4.39 Å². The van der Waals surface area contributed by atoms with Crippen molar-refractivity contribution >= 4 is 0 Å². The number of rotatable bonds is 9. The molecule has 0 aliphatic rings. The van der Waals surface area contributed by atoms with Crippen LogP contribution in [0.3, 0.4) is 0 Å². The second kappa shape index (κ2) is 10.6. The Bertz CT molecular complexity index is 1060. The van der Waals surface area contributed by atoms with E-state index in [0.717, 1.165) is 23.3 Å². The van der Waals surface area contributed by atoms with Crippen LogP contribution >= 0.6 is 0 Å². The highest BCUT2D eigenvalue weighted by atomic mass is 19.1. The molecule has 3 aromatic carbocycles. The summed E-state index contributed by atoms with van der Waals surface area (Å²) in [7, 11) is 0. The van der Waals surface area contributed by atoms with Gasteiger partial charge in [0.1, 0.15) is 23.9 Å². The summed E-state index contributed by atoms with van der Waals surface area (Å²) in [5.41, 5.74) is 3.31. The predicted octanol–water partition coefficient (Wildman–Crippen LogP) is 6.79. The van der Waals surface area contributed by atoms with Crippen molar-refractivity contribution < 1.29 is 13.9 Å². The minimum Gasteiger partial charge on any atom is -0.493 e. The molecule has 31 heavy (non-hydrogen) atoms. The van der Waals surface area contributed by atoms with Crippen molar-refractivity contribution in [1.29, 1.82) is 5.26 Å². The minimum absolute atomic E-state index is 0.180. The summed E-state index contributed by atoms with van der Waals surface area (Å²) in [6.07, 6.45) is 0.961. The number of halogens is 1. The van der Waals surface area contributed by atoms with E-state index in [4.69, 9.17) is 14.7 Å². The quantitative estimate of drug-likeness (QED) is 0.385. The molecule has 3 aromatic rings. The molecule has 0 aliphatic heterocycles. The Hall–Kier alpha value is -3.32. The number of benzene rings is 3. The molecule has 0 radical (unpaired) electrons. The monoisotopic (exact) mass is 417 g/mol. The zero-order valence-electron chi connectivity index (χ0n) is 18.3. The maximum atomic E-state index is 13.7. The first-order chi connectivity index (χ1) is 14.9. The Labute approximate surface area is 184 Å². The maximum Gasteiger partial charge on any atom is 0.126 e. The van der Waals surface area contributed by atoms with Crippen molar-refractivity contribution in [2.45, 2.75) is 39.7 Å². The van der Waals surface area contributed by atoms with Crippen LogP contribution in [0.4, 0.5) is 4.39 Å². The molecule has 0 bridgehead atoms. The SMILES string of the molecule is Cc1cc(C(COc2cccc(COc3cccc(C#N)c3)c2)CC(C)C)ccc1F. The number of hydrogen-bond donors (Lipinski definition) is 0. The van der Waals surface area contributed by atoms with Crippen molar-refractivity contribution in [3.63, 3.8) is 0 Å². The molecule has 0 aromatic heterocycles. The number of aryl methyl sites for hydroxylation is 1. The molecule has 0 N–H and O–H groups in total. The van der Waals surface area contributed by atoms with Gasteiger partial charge in [-0.05, 0) is 72.4 Å². The molecule has 0 saturated heterocycles. The third kappa shape index (κ3) is 6.58. The second-order valence-corrected chi connectivity index (χ2v) is 8.22. The normalized spacial score (nSPS) is 11.7. The first-order valence-corrected chi connectivity index (χ1v) is 10.6. The third-order valence-electron chi connectivity index (χ3n) is 5.13. The van der Waals surface area contributed by atoms with Crippen LogP contribution in [-0.2, 0) is 6.61 Å². The van der Waals surface area contributed by atoms with E-state index in [2.05, 4.69) is 19.9 Å². The first-order valence-electron chi connectivity index (χ1n) is 10.6. The van der Waals surface area contributed by atoms with Crippen LogP contribution < -0.4 is 9.47 Å². The lowest BCUT2D eigenvalue weighted by molar-refractivity contribution is 0.268. The molecule has 1 atom stereocenters. The molecule has 1 unspecified atom stereocenters. The summed E-state index contributed by atoms with van der Waals surface area (Å²) in [5, 5.41) is 9.01. The smallest absolute Gasteiger partial charge is 0.126 e. The summed E-state index contributed by atoms with van der Waals surface area (Å²) in [5.74, 6) is 1.95. The average Bonchev–Trinajstić information content (AvgIpc) is 2.77. The zero-order chi connectivity index (χ0) is 22.2. The highest BCUT2D eigenvalue weighted by Crippen LogP contribution is 2.27. The van der Waals surface area contributed by atoms with Crippen LogP contribution in [0.25, 0.3) is 0 Å². The fraction of sp³-hybridized carbons (Fsp3) is 0.296. The van der Waals surface area contributed by atoms with Crippen molar-refractivity contribution in [3.8, 4) is 17.6 Å². The molecule has 0 fully saturated rings. The Morgan fingerprint density at radius 2 is 1.68 bits per heavy atom. The lowest BCUT2D eigenvalue weighted by atomic mass is 9.90. The molecular weight excluding hydrogens is 389 g/mol. The van der Waals surface area contributed by atoms with Crippen molar-refractivity contribution in [2.75, 3.05) is 6.61 Å². The van der Waals surface area contributed by atoms with E-state index >= 15 is 0 Å². The van der Waals surface area contributed by atoms with Gasteiger partial charge in [0.25, 0.3) is 0 Å². The van der Waals surface area contributed by atoms with Crippen LogP contribution in [0.1, 0.15) is 48.4 Å². The van der Waals surface area contributed by atoms with Crippen molar-refractivity contribution in [2.24, 2.45) is 5.92 Å². The summed E-state index contributed by atoms with van der Waals surface area (Å²) >= 11 is 0. The molecule has 0 heterocycles. The number of hydrogen-bond acceptors (Lipinski definition) is 3. The summed E-state index contributed by atoms with van der Waals surface area (Å²) in [6, 6.07) is 22.4. The van der Waals surface area contributed by atoms with Gasteiger partial charge in [-0.15, -0.1) is 0 Å². The highest BCUT2D eigenvalue weighted by molar-refractivity contribution is 5.36. The van der Waals surface area contributed by atoms with E-state index in [1.54, 1.807) is 25.1 Å². The maximum absolute atomic E-state index is 13.7. The molecule has 3 nitrogen and oxygen atoms in total. The molecule has 0 amide bonds. The van der Waals surface area contributed by atoms with Gasteiger partial charge in [0.15, 0.2) is 0 Å². The first kappa shape index (κ1) is 22.4. The van der Waals surface area contributed by atoms with E-state index in [-0.39, 0.29) is 11.7 Å². The highest BCUT2D eigenvalue weighted by Gasteiger charge is 2.16. The molecule has 160 valence electrons. The Morgan fingerprint density at radius 3 is 2.39 bits per heavy atom. The van der Waals surface area contributed by atoms with Gasteiger partial charge in [-0.3, -0.25) is 0 Å². The zero-order valence-corrected chi connectivity index (χ0v) is 18.3. The minimum atomic E-state index is -0.180.